The molecule has 0 saturated heterocycles. The first kappa shape index (κ1) is 17.0. The lowest BCUT2D eigenvalue weighted by Gasteiger charge is -2.23. The molecule has 1 heterocycles. The summed E-state index contributed by atoms with van der Waals surface area (Å²) < 4.78 is 5.17. The van der Waals surface area contributed by atoms with Crippen LogP contribution in [0.2, 0.25) is 0 Å². The first-order valence-electron chi connectivity index (χ1n) is 7.48. The van der Waals surface area contributed by atoms with Gasteiger partial charge in [0.15, 0.2) is 0 Å². The average molecular weight is 358 g/mol. The number of nitrogens with zero attached hydrogens (tertiary/aromatic N) is 1. The van der Waals surface area contributed by atoms with Crippen LogP contribution < -0.4 is 5.32 Å². The van der Waals surface area contributed by atoms with Crippen molar-refractivity contribution in [3.8, 4) is 0 Å². The molecule has 0 bridgehead atoms. The van der Waals surface area contributed by atoms with Crippen LogP contribution >= 0.6 is 11.8 Å². The van der Waals surface area contributed by atoms with Crippen LogP contribution in [0.4, 0.5) is 11.4 Å². The number of hydrogen-bond donors (Lipinski definition) is 1. The molecule has 0 saturated carbocycles. The van der Waals surface area contributed by atoms with Gasteiger partial charge in [-0.05, 0) is 29.8 Å². The Bertz CT molecular complexity index is 822. The van der Waals surface area contributed by atoms with Crippen molar-refractivity contribution in [2.24, 2.45) is 0 Å². The minimum absolute atomic E-state index is 0.00637. The number of anilines is 1. The van der Waals surface area contributed by atoms with Crippen LogP contribution in [-0.4, -0.2) is 22.0 Å². The van der Waals surface area contributed by atoms with E-state index in [0.29, 0.717) is 5.56 Å². The maximum Gasteiger partial charge on any atom is 0.307 e. The van der Waals surface area contributed by atoms with E-state index >= 15 is 0 Å². The Hall–Kier alpha value is -2.87. The molecule has 0 aliphatic carbocycles. The fourth-order valence-electron chi connectivity index (χ4n) is 2.32. The van der Waals surface area contributed by atoms with Gasteiger partial charge in [-0.1, -0.05) is 12.1 Å². The first-order chi connectivity index (χ1) is 12.0. The number of benzene rings is 2. The fraction of sp³-hybridized carbons (Fsp3) is 0.176. The number of fused-ring (bicyclic) bond motifs is 1. The molecule has 1 aliphatic rings. The Morgan fingerprint density at radius 1 is 1.20 bits per heavy atom. The summed E-state index contributed by atoms with van der Waals surface area (Å²) in [7, 11) is 0. The highest BCUT2D eigenvalue weighted by atomic mass is 32.2. The monoisotopic (exact) mass is 358 g/mol. The van der Waals surface area contributed by atoms with Gasteiger partial charge in [-0.15, -0.1) is 11.8 Å². The molecule has 7 nitrogen and oxygen atoms in total. The minimum Gasteiger partial charge on any atom is -0.461 e. The normalized spacial score (nSPS) is 15.8. The number of ether oxygens (including phenoxy) is 1. The van der Waals surface area contributed by atoms with Crippen molar-refractivity contribution < 1.29 is 19.2 Å². The summed E-state index contributed by atoms with van der Waals surface area (Å²) in [6.45, 7) is 0.00637. The lowest BCUT2D eigenvalue weighted by Crippen LogP contribution is -2.31. The number of nitro groups is 1. The SMILES string of the molecule is O=C(C[C@@H]1Sc2ccccc2NC1=O)OCc1ccc([N+](=O)[O-])cc1. The van der Waals surface area contributed by atoms with Crippen LogP contribution in [0.1, 0.15) is 12.0 Å². The fourth-order valence-corrected chi connectivity index (χ4v) is 3.41. The smallest absolute Gasteiger partial charge is 0.307 e. The number of carbonyl (C=O) groups excluding carboxylic acids is 2. The van der Waals surface area contributed by atoms with Gasteiger partial charge in [-0.25, -0.2) is 0 Å². The second-order valence-electron chi connectivity index (χ2n) is 5.38. The largest absolute Gasteiger partial charge is 0.461 e. The van der Waals surface area contributed by atoms with Crippen LogP contribution in [0.3, 0.4) is 0 Å². The van der Waals surface area contributed by atoms with Crippen LogP contribution in [0.15, 0.2) is 53.4 Å². The van der Waals surface area contributed by atoms with E-state index in [1.165, 1.54) is 36.0 Å². The van der Waals surface area contributed by atoms with Crippen LogP contribution in [-0.2, 0) is 20.9 Å². The van der Waals surface area contributed by atoms with Crippen molar-refractivity contribution in [1.82, 2.24) is 0 Å². The Balaban J connectivity index is 1.54. The number of amides is 1. The number of esters is 1. The quantitative estimate of drug-likeness (QED) is 0.501. The first-order valence-corrected chi connectivity index (χ1v) is 8.36. The van der Waals surface area contributed by atoms with Gasteiger partial charge in [0.1, 0.15) is 6.61 Å². The molecule has 2 aromatic rings. The molecule has 0 radical (unpaired) electrons. The molecule has 0 aromatic heterocycles. The molecule has 1 amide bonds. The Kier molecular flexibility index (Phi) is 4.99. The number of nitrogens with one attached hydrogen (secondary N) is 1. The summed E-state index contributed by atoms with van der Waals surface area (Å²) in [6.07, 6.45) is -0.0438. The molecule has 0 spiro atoms. The second-order valence-corrected chi connectivity index (χ2v) is 6.62. The Morgan fingerprint density at radius 2 is 1.92 bits per heavy atom. The molecule has 0 fully saturated rings. The zero-order valence-electron chi connectivity index (χ0n) is 13.0. The lowest BCUT2D eigenvalue weighted by molar-refractivity contribution is -0.384. The minimum atomic E-state index is -0.542. The number of nitro benzene ring substituents is 1. The van der Waals surface area contributed by atoms with E-state index in [2.05, 4.69) is 5.32 Å². The van der Waals surface area contributed by atoms with E-state index in [0.717, 1.165) is 10.6 Å². The average Bonchev–Trinajstić information content (AvgIpc) is 2.61. The summed E-state index contributed by atoms with van der Waals surface area (Å²) in [5.41, 5.74) is 1.36. The highest BCUT2D eigenvalue weighted by molar-refractivity contribution is 8.01. The van der Waals surface area contributed by atoms with Gasteiger partial charge in [0.05, 0.1) is 22.3 Å². The van der Waals surface area contributed by atoms with Crippen LogP contribution in [0.25, 0.3) is 0 Å². The highest BCUT2D eigenvalue weighted by Gasteiger charge is 2.29. The van der Waals surface area contributed by atoms with Crippen molar-refractivity contribution in [3.05, 3.63) is 64.2 Å². The summed E-state index contributed by atoms with van der Waals surface area (Å²) in [5.74, 6) is -0.721. The number of hydrogen-bond acceptors (Lipinski definition) is 6. The number of para-hydroxylation sites is 1. The zero-order chi connectivity index (χ0) is 17.8. The molecule has 25 heavy (non-hydrogen) atoms. The number of thioether (sulfide) groups is 1. The summed E-state index contributed by atoms with van der Waals surface area (Å²) >= 11 is 1.33. The predicted octanol–water partition coefficient (Wildman–Crippen LogP) is 3.14. The third kappa shape index (κ3) is 4.16. The van der Waals surface area contributed by atoms with Gasteiger partial charge < -0.3 is 10.1 Å². The van der Waals surface area contributed by atoms with E-state index in [9.17, 15) is 19.7 Å². The highest BCUT2D eigenvalue weighted by Crippen LogP contribution is 2.36. The molecule has 1 atom stereocenters. The van der Waals surface area contributed by atoms with Crippen molar-refractivity contribution >= 4 is 35.0 Å². The molecule has 1 N–H and O–H groups in total. The third-order valence-electron chi connectivity index (χ3n) is 3.61. The predicted molar refractivity (Wildman–Crippen MR) is 92.2 cm³/mol. The maximum absolute atomic E-state index is 12.1. The van der Waals surface area contributed by atoms with Gasteiger partial charge >= 0.3 is 5.97 Å². The van der Waals surface area contributed by atoms with Crippen molar-refractivity contribution in [1.29, 1.82) is 0 Å². The Labute approximate surface area is 147 Å². The van der Waals surface area contributed by atoms with Gasteiger partial charge in [-0.2, -0.15) is 0 Å². The van der Waals surface area contributed by atoms with Gasteiger partial charge in [-0.3, -0.25) is 19.7 Å². The number of carbonyl (C=O) groups is 2. The van der Waals surface area contributed by atoms with Gasteiger partial charge in [0.2, 0.25) is 5.91 Å². The molecule has 128 valence electrons. The van der Waals surface area contributed by atoms with E-state index in [1.807, 2.05) is 24.3 Å². The number of non-ortho nitro benzene ring substituents is 1. The lowest BCUT2D eigenvalue weighted by atomic mass is 10.2. The van der Waals surface area contributed by atoms with Crippen molar-refractivity contribution in [2.75, 3.05) is 5.32 Å². The van der Waals surface area contributed by atoms with Gasteiger partial charge in [0, 0.05) is 17.0 Å². The number of rotatable bonds is 5. The van der Waals surface area contributed by atoms with Crippen molar-refractivity contribution in [2.45, 2.75) is 23.2 Å². The van der Waals surface area contributed by atoms with E-state index in [4.69, 9.17) is 4.74 Å². The molecule has 2 aromatic carbocycles. The molecule has 8 heteroatoms. The van der Waals surface area contributed by atoms with Crippen molar-refractivity contribution in [3.63, 3.8) is 0 Å². The standard InChI is InChI=1S/C17H14N2O5S/c20-16(24-10-11-5-7-12(8-6-11)19(22)23)9-15-17(21)18-13-3-1-2-4-14(13)25-15/h1-8,15H,9-10H2,(H,18,21)/t15-/m0/s1. The molecular formula is C17H14N2O5S. The maximum atomic E-state index is 12.1. The van der Waals surface area contributed by atoms with Crippen LogP contribution in [0, 0.1) is 10.1 Å². The topological polar surface area (TPSA) is 98.5 Å². The summed E-state index contributed by atoms with van der Waals surface area (Å²) in [4.78, 5) is 35.1. The zero-order valence-corrected chi connectivity index (χ0v) is 13.8. The summed E-state index contributed by atoms with van der Waals surface area (Å²) in [5, 5.41) is 12.8. The van der Waals surface area contributed by atoms with Crippen LogP contribution in [0.5, 0.6) is 0 Å². The van der Waals surface area contributed by atoms with E-state index in [1.54, 1.807) is 0 Å². The second kappa shape index (κ2) is 7.35. The van der Waals surface area contributed by atoms with Gasteiger partial charge in [0.25, 0.3) is 5.69 Å². The summed E-state index contributed by atoms with van der Waals surface area (Å²) in [6, 6.07) is 13.2. The Morgan fingerprint density at radius 3 is 2.64 bits per heavy atom. The third-order valence-corrected chi connectivity index (χ3v) is 4.88. The van der Waals surface area contributed by atoms with E-state index in [-0.39, 0.29) is 24.6 Å². The van der Waals surface area contributed by atoms with E-state index < -0.39 is 16.1 Å². The molecule has 0 unspecified atom stereocenters. The molecular weight excluding hydrogens is 344 g/mol. The molecule has 1 aliphatic heterocycles. The molecule has 3 rings (SSSR count).